The third kappa shape index (κ3) is 2.91. The van der Waals surface area contributed by atoms with Crippen LogP contribution in [0.25, 0.3) is 0 Å². The van der Waals surface area contributed by atoms with Gasteiger partial charge in [0.25, 0.3) is 0 Å². The SMILES string of the molecule is Fc1cccc(F)c1C(Br)Cc1ccccc1. The van der Waals surface area contributed by atoms with Crippen molar-refractivity contribution in [1.29, 1.82) is 0 Å². The molecule has 0 saturated heterocycles. The van der Waals surface area contributed by atoms with E-state index in [2.05, 4.69) is 15.9 Å². The molecule has 1 atom stereocenters. The van der Waals surface area contributed by atoms with Gasteiger partial charge in [0.2, 0.25) is 0 Å². The van der Waals surface area contributed by atoms with Crippen LogP contribution in [0.2, 0.25) is 0 Å². The van der Waals surface area contributed by atoms with Crippen molar-refractivity contribution in [1.82, 2.24) is 0 Å². The van der Waals surface area contributed by atoms with Gasteiger partial charge in [-0.05, 0) is 24.1 Å². The molecular formula is C14H11BrF2. The standard InChI is InChI=1S/C14H11BrF2/c15-11(9-10-5-2-1-3-6-10)14-12(16)7-4-8-13(14)17/h1-8,11H,9H2. The molecule has 0 nitrogen and oxygen atoms in total. The molecule has 0 fully saturated rings. The van der Waals surface area contributed by atoms with Crippen LogP contribution < -0.4 is 0 Å². The van der Waals surface area contributed by atoms with Gasteiger partial charge in [-0.2, -0.15) is 0 Å². The van der Waals surface area contributed by atoms with Gasteiger partial charge < -0.3 is 0 Å². The van der Waals surface area contributed by atoms with Crippen LogP contribution in [-0.4, -0.2) is 0 Å². The quantitative estimate of drug-likeness (QED) is 0.724. The molecule has 2 aromatic rings. The Labute approximate surface area is 107 Å². The van der Waals surface area contributed by atoms with Gasteiger partial charge in [0, 0.05) is 10.4 Å². The maximum atomic E-state index is 13.5. The molecule has 0 N–H and O–H groups in total. The summed E-state index contributed by atoms with van der Waals surface area (Å²) in [5.41, 5.74) is 1.13. The van der Waals surface area contributed by atoms with E-state index < -0.39 is 11.6 Å². The van der Waals surface area contributed by atoms with Gasteiger partial charge in [-0.1, -0.05) is 52.3 Å². The molecule has 0 aliphatic heterocycles. The van der Waals surface area contributed by atoms with Crippen molar-refractivity contribution in [2.45, 2.75) is 11.2 Å². The average Bonchev–Trinajstić information content (AvgIpc) is 2.30. The van der Waals surface area contributed by atoms with E-state index in [1.165, 1.54) is 18.2 Å². The van der Waals surface area contributed by atoms with Crippen molar-refractivity contribution in [2.75, 3.05) is 0 Å². The van der Waals surface area contributed by atoms with E-state index in [9.17, 15) is 8.78 Å². The summed E-state index contributed by atoms with van der Waals surface area (Å²) in [6.07, 6.45) is 0.554. The van der Waals surface area contributed by atoms with Crippen molar-refractivity contribution in [3.05, 3.63) is 71.3 Å². The van der Waals surface area contributed by atoms with Crippen molar-refractivity contribution in [3.63, 3.8) is 0 Å². The fourth-order valence-corrected chi connectivity index (χ4v) is 2.54. The number of rotatable bonds is 3. The van der Waals surface area contributed by atoms with E-state index in [0.717, 1.165) is 5.56 Å². The minimum Gasteiger partial charge on any atom is -0.207 e. The lowest BCUT2D eigenvalue weighted by Gasteiger charge is -2.12. The van der Waals surface area contributed by atoms with Crippen LogP contribution in [0.3, 0.4) is 0 Å². The first-order valence-electron chi connectivity index (χ1n) is 5.30. The van der Waals surface area contributed by atoms with Gasteiger partial charge in [0.1, 0.15) is 11.6 Å². The maximum Gasteiger partial charge on any atom is 0.130 e. The minimum absolute atomic E-state index is 0.0938. The molecule has 1 unspecified atom stereocenters. The number of alkyl halides is 1. The van der Waals surface area contributed by atoms with Gasteiger partial charge >= 0.3 is 0 Å². The van der Waals surface area contributed by atoms with Gasteiger partial charge in [0.05, 0.1) is 0 Å². The Morgan fingerprint density at radius 3 is 2.06 bits per heavy atom. The van der Waals surface area contributed by atoms with Crippen LogP contribution in [-0.2, 0) is 6.42 Å². The Hall–Kier alpha value is -1.22. The fourth-order valence-electron chi connectivity index (χ4n) is 1.73. The molecule has 0 radical (unpaired) electrons. The first kappa shape index (κ1) is 12.2. The Kier molecular flexibility index (Phi) is 3.89. The van der Waals surface area contributed by atoms with Crippen molar-refractivity contribution in [3.8, 4) is 0 Å². The van der Waals surface area contributed by atoms with Crippen LogP contribution in [0.15, 0.2) is 48.5 Å². The molecule has 3 heteroatoms. The van der Waals surface area contributed by atoms with E-state index in [4.69, 9.17) is 0 Å². The largest absolute Gasteiger partial charge is 0.207 e. The fraction of sp³-hybridized carbons (Fsp3) is 0.143. The lowest BCUT2D eigenvalue weighted by molar-refractivity contribution is 0.553. The molecular weight excluding hydrogens is 286 g/mol. The van der Waals surface area contributed by atoms with Crippen LogP contribution in [0.1, 0.15) is 16.0 Å². The number of hydrogen-bond acceptors (Lipinski definition) is 0. The van der Waals surface area contributed by atoms with E-state index in [1.807, 2.05) is 30.3 Å². The predicted molar refractivity (Wildman–Crippen MR) is 68.2 cm³/mol. The van der Waals surface area contributed by atoms with E-state index in [0.29, 0.717) is 6.42 Å². The molecule has 2 aromatic carbocycles. The summed E-state index contributed by atoms with van der Waals surface area (Å²) < 4.78 is 27.1. The summed E-state index contributed by atoms with van der Waals surface area (Å²) in [6.45, 7) is 0. The molecule has 0 amide bonds. The summed E-state index contributed by atoms with van der Waals surface area (Å²) in [4.78, 5) is -0.355. The second-order valence-electron chi connectivity index (χ2n) is 3.79. The highest BCUT2D eigenvalue weighted by atomic mass is 79.9. The molecule has 0 aliphatic rings. The Bertz CT molecular complexity index is 477. The van der Waals surface area contributed by atoms with Crippen LogP contribution >= 0.6 is 15.9 Å². The van der Waals surface area contributed by atoms with Crippen LogP contribution in [0.5, 0.6) is 0 Å². The zero-order chi connectivity index (χ0) is 12.3. The molecule has 88 valence electrons. The number of halogens is 3. The van der Waals surface area contributed by atoms with Gasteiger partial charge in [-0.25, -0.2) is 8.78 Å². The number of benzene rings is 2. The minimum atomic E-state index is -0.511. The summed E-state index contributed by atoms with van der Waals surface area (Å²) in [5.74, 6) is -1.02. The molecule has 0 heterocycles. The Morgan fingerprint density at radius 1 is 0.882 bits per heavy atom. The molecule has 0 aromatic heterocycles. The predicted octanol–water partition coefficient (Wildman–Crippen LogP) is 4.64. The van der Waals surface area contributed by atoms with Crippen molar-refractivity contribution >= 4 is 15.9 Å². The Morgan fingerprint density at radius 2 is 1.47 bits per heavy atom. The zero-order valence-corrected chi connectivity index (χ0v) is 10.6. The molecule has 17 heavy (non-hydrogen) atoms. The molecule has 0 saturated carbocycles. The maximum absolute atomic E-state index is 13.5. The van der Waals surface area contributed by atoms with Crippen molar-refractivity contribution < 1.29 is 8.78 Å². The lowest BCUT2D eigenvalue weighted by Crippen LogP contribution is -2.01. The van der Waals surface area contributed by atoms with Crippen LogP contribution in [0, 0.1) is 11.6 Å². The summed E-state index contributed by atoms with van der Waals surface area (Å²) in [5, 5.41) is 0. The number of hydrogen-bond donors (Lipinski definition) is 0. The first-order valence-corrected chi connectivity index (χ1v) is 6.22. The molecule has 0 spiro atoms. The normalized spacial score (nSPS) is 12.4. The van der Waals surface area contributed by atoms with Crippen LogP contribution in [0.4, 0.5) is 8.78 Å². The second kappa shape index (κ2) is 5.41. The molecule has 0 aliphatic carbocycles. The van der Waals surface area contributed by atoms with E-state index in [-0.39, 0.29) is 10.4 Å². The molecule has 2 rings (SSSR count). The van der Waals surface area contributed by atoms with E-state index >= 15 is 0 Å². The van der Waals surface area contributed by atoms with E-state index in [1.54, 1.807) is 0 Å². The lowest BCUT2D eigenvalue weighted by atomic mass is 10.0. The van der Waals surface area contributed by atoms with Gasteiger partial charge in [-0.3, -0.25) is 0 Å². The van der Waals surface area contributed by atoms with Gasteiger partial charge in [-0.15, -0.1) is 0 Å². The molecule has 0 bridgehead atoms. The summed E-state index contributed by atoms with van der Waals surface area (Å²) >= 11 is 3.34. The highest BCUT2D eigenvalue weighted by Crippen LogP contribution is 2.30. The second-order valence-corrected chi connectivity index (χ2v) is 4.90. The Balaban J connectivity index is 2.23. The summed E-state index contributed by atoms with van der Waals surface area (Å²) in [7, 11) is 0. The third-order valence-corrected chi connectivity index (χ3v) is 3.35. The average molecular weight is 297 g/mol. The first-order chi connectivity index (χ1) is 8.18. The topological polar surface area (TPSA) is 0 Å². The van der Waals surface area contributed by atoms with Gasteiger partial charge in [0.15, 0.2) is 0 Å². The zero-order valence-electron chi connectivity index (χ0n) is 9.04. The highest BCUT2D eigenvalue weighted by molar-refractivity contribution is 9.09. The summed E-state index contributed by atoms with van der Waals surface area (Å²) in [6, 6.07) is 13.5. The third-order valence-electron chi connectivity index (χ3n) is 2.57. The monoisotopic (exact) mass is 296 g/mol. The van der Waals surface area contributed by atoms with Crippen molar-refractivity contribution in [2.24, 2.45) is 0 Å². The highest BCUT2D eigenvalue weighted by Gasteiger charge is 2.17. The smallest absolute Gasteiger partial charge is 0.130 e.